The fourth-order valence-electron chi connectivity index (χ4n) is 3.19. The van der Waals surface area contributed by atoms with Crippen LogP contribution in [0.4, 0.5) is 0 Å². The fraction of sp³-hybridized carbons (Fsp3) is 0.800. The third-order valence-electron chi connectivity index (χ3n) is 4.74. The maximum atomic E-state index is 12.1. The summed E-state index contributed by atoms with van der Waals surface area (Å²) >= 11 is 0. The van der Waals surface area contributed by atoms with Gasteiger partial charge in [-0.3, -0.25) is 4.90 Å². The molecule has 3 fully saturated rings. The summed E-state index contributed by atoms with van der Waals surface area (Å²) in [5.41, 5.74) is 0.965. The Kier molecular flexibility index (Phi) is 3.74. The number of nitrogens with one attached hydrogen (secondary N) is 1. The Morgan fingerprint density at radius 2 is 2.09 bits per heavy atom. The monoisotopic (exact) mass is 325 g/mol. The smallest absolute Gasteiger partial charge is 0.214 e. The van der Waals surface area contributed by atoms with Crippen LogP contribution in [0.15, 0.2) is 10.6 Å². The highest BCUT2D eigenvalue weighted by Crippen LogP contribution is 2.40. The van der Waals surface area contributed by atoms with Gasteiger partial charge in [0.05, 0.1) is 10.9 Å². The number of likely N-dealkylation sites (tertiary alicyclic amines) is 1. The first-order chi connectivity index (χ1) is 10.6. The number of sulfonamides is 1. The standard InChI is InChI=1S/C15H23N3O3S/c19-22(20,14-5-6-14)17-12-2-1-7-18(9-12)10-13-8-15(21-16-13)11-3-4-11/h8,11-12,14,17H,1-7,9-10H2. The summed E-state index contributed by atoms with van der Waals surface area (Å²) in [5, 5.41) is 4.01. The molecule has 1 unspecified atom stereocenters. The van der Waals surface area contributed by atoms with Crippen LogP contribution in [0.2, 0.25) is 0 Å². The van der Waals surface area contributed by atoms with E-state index in [1.54, 1.807) is 0 Å². The van der Waals surface area contributed by atoms with Gasteiger partial charge in [-0.05, 0) is 45.1 Å². The Hall–Kier alpha value is -0.920. The molecular formula is C15H23N3O3S. The lowest BCUT2D eigenvalue weighted by Gasteiger charge is -2.32. The van der Waals surface area contributed by atoms with Crippen LogP contribution in [-0.2, 0) is 16.6 Å². The zero-order chi connectivity index (χ0) is 15.2. The number of hydrogen-bond acceptors (Lipinski definition) is 5. The average molecular weight is 325 g/mol. The van der Waals surface area contributed by atoms with E-state index in [0.717, 1.165) is 56.8 Å². The SMILES string of the molecule is O=S(=O)(NC1CCCN(Cc2cc(C3CC3)on2)C1)C1CC1. The summed E-state index contributed by atoms with van der Waals surface area (Å²) in [6.45, 7) is 2.50. The van der Waals surface area contributed by atoms with Gasteiger partial charge in [0.15, 0.2) is 0 Å². The van der Waals surface area contributed by atoms with Crippen LogP contribution in [0.1, 0.15) is 55.9 Å². The molecule has 6 nitrogen and oxygen atoms in total. The molecule has 7 heteroatoms. The minimum absolute atomic E-state index is 0.0363. The molecule has 0 radical (unpaired) electrons. The van der Waals surface area contributed by atoms with Crippen molar-refractivity contribution in [3.05, 3.63) is 17.5 Å². The molecule has 1 N–H and O–H groups in total. The van der Waals surface area contributed by atoms with E-state index in [9.17, 15) is 8.42 Å². The molecule has 1 atom stereocenters. The van der Waals surface area contributed by atoms with Gasteiger partial charge in [0.1, 0.15) is 5.76 Å². The van der Waals surface area contributed by atoms with Crippen molar-refractivity contribution in [1.29, 1.82) is 0 Å². The van der Waals surface area contributed by atoms with Gasteiger partial charge >= 0.3 is 0 Å². The number of piperidine rings is 1. The van der Waals surface area contributed by atoms with E-state index in [1.807, 2.05) is 0 Å². The van der Waals surface area contributed by atoms with Crippen molar-refractivity contribution in [3.63, 3.8) is 0 Å². The lowest BCUT2D eigenvalue weighted by Crippen LogP contribution is -2.48. The number of rotatable bonds is 6. The van der Waals surface area contributed by atoms with E-state index in [0.29, 0.717) is 5.92 Å². The highest BCUT2D eigenvalue weighted by molar-refractivity contribution is 7.90. The van der Waals surface area contributed by atoms with Gasteiger partial charge in [0.2, 0.25) is 10.0 Å². The second kappa shape index (κ2) is 5.62. The molecule has 4 rings (SSSR count). The minimum Gasteiger partial charge on any atom is -0.361 e. The van der Waals surface area contributed by atoms with Crippen LogP contribution in [0.3, 0.4) is 0 Å². The minimum atomic E-state index is -3.09. The first-order valence-corrected chi connectivity index (χ1v) is 9.84. The van der Waals surface area contributed by atoms with Gasteiger partial charge in [-0.15, -0.1) is 0 Å². The quantitative estimate of drug-likeness (QED) is 0.860. The number of hydrogen-bond donors (Lipinski definition) is 1. The number of aromatic nitrogens is 1. The van der Waals surface area contributed by atoms with Crippen molar-refractivity contribution >= 4 is 10.0 Å². The summed E-state index contributed by atoms with van der Waals surface area (Å²) in [6.07, 6.45) is 6.00. The van der Waals surface area contributed by atoms with Crippen molar-refractivity contribution in [1.82, 2.24) is 14.8 Å². The second-order valence-electron chi connectivity index (χ2n) is 6.93. The van der Waals surface area contributed by atoms with E-state index < -0.39 is 10.0 Å². The second-order valence-corrected chi connectivity index (χ2v) is 8.92. The lowest BCUT2D eigenvalue weighted by molar-refractivity contribution is 0.189. The summed E-state index contributed by atoms with van der Waals surface area (Å²) < 4.78 is 32.4. The molecule has 122 valence electrons. The van der Waals surface area contributed by atoms with Gasteiger partial charge in [-0.1, -0.05) is 5.16 Å². The summed E-state index contributed by atoms with van der Waals surface area (Å²) in [6, 6.07) is 2.10. The molecular weight excluding hydrogens is 302 g/mol. The van der Waals surface area contributed by atoms with Crippen LogP contribution >= 0.6 is 0 Å². The molecule has 0 amide bonds. The van der Waals surface area contributed by atoms with E-state index in [1.165, 1.54) is 12.8 Å². The van der Waals surface area contributed by atoms with Crippen LogP contribution in [0.25, 0.3) is 0 Å². The van der Waals surface area contributed by atoms with E-state index >= 15 is 0 Å². The first kappa shape index (κ1) is 14.7. The Balaban J connectivity index is 1.33. The maximum absolute atomic E-state index is 12.1. The van der Waals surface area contributed by atoms with Gasteiger partial charge in [-0.25, -0.2) is 13.1 Å². The van der Waals surface area contributed by atoms with Crippen LogP contribution < -0.4 is 4.72 Å². The van der Waals surface area contributed by atoms with E-state index in [4.69, 9.17) is 4.52 Å². The molecule has 1 aromatic rings. The largest absolute Gasteiger partial charge is 0.361 e. The van der Waals surface area contributed by atoms with Crippen LogP contribution in [0, 0.1) is 0 Å². The van der Waals surface area contributed by atoms with Crippen molar-refractivity contribution in [2.24, 2.45) is 0 Å². The Labute approximate surface area is 131 Å². The van der Waals surface area contributed by atoms with Gasteiger partial charge in [0.25, 0.3) is 0 Å². The normalized spacial score (nSPS) is 27.2. The third-order valence-corrected chi connectivity index (χ3v) is 6.75. The molecule has 3 aliphatic rings. The Morgan fingerprint density at radius 1 is 1.27 bits per heavy atom. The lowest BCUT2D eigenvalue weighted by atomic mass is 10.1. The third kappa shape index (κ3) is 3.36. The first-order valence-electron chi connectivity index (χ1n) is 8.29. The molecule has 1 saturated heterocycles. The van der Waals surface area contributed by atoms with Crippen molar-refractivity contribution in [2.45, 2.75) is 62.3 Å². The highest BCUT2D eigenvalue weighted by atomic mass is 32.2. The van der Waals surface area contributed by atoms with Crippen LogP contribution in [0.5, 0.6) is 0 Å². The highest BCUT2D eigenvalue weighted by Gasteiger charge is 2.37. The molecule has 0 spiro atoms. The molecule has 2 heterocycles. The average Bonchev–Trinajstić information content (AvgIpc) is 3.37. The van der Waals surface area contributed by atoms with Crippen molar-refractivity contribution in [3.8, 4) is 0 Å². The van der Waals surface area contributed by atoms with E-state index in [-0.39, 0.29) is 11.3 Å². The molecule has 1 aliphatic heterocycles. The fourth-order valence-corrected chi connectivity index (χ4v) is 4.80. The predicted octanol–water partition coefficient (Wildman–Crippen LogP) is 1.60. The summed E-state index contributed by atoms with van der Waals surface area (Å²) in [5.74, 6) is 1.60. The zero-order valence-corrected chi connectivity index (χ0v) is 13.5. The van der Waals surface area contributed by atoms with Gasteiger partial charge in [0, 0.05) is 31.1 Å². The molecule has 0 bridgehead atoms. The molecule has 2 saturated carbocycles. The van der Waals surface area contributed by atoms with Crippen molar-refractivity contribution in [2.75, 3.05) is 13.1 Å². The number of nitrogens with zero attached hydrogens (tertiary/aromatic N) is 2. The predicted molar refractivity (Wildman–Crippen MR) is 81.9 cm³/mol. The van der Waals surface area contributed by atoms with Gasteiger partial charge in [-0.2, -0.15) is 0 Å². The Morgan fingerprint density at radius 3 is 2.82 bits per heavy atom. The maximum Gasteiger partial charge on any atom is 0.214 e. The van der Waals surface area contributed by atoms with Crippen LogP contribution in [-0.4, -0.2) is 42.9 Å². The molecule has 2 aliphatic carbocycles. The molecule has 1 aromatic heterocycles. The summed E-state index contributed by atoms with van der Waals surface area (Å²) in [7, 11) is -3.09. The van der Waals surface area contributed by atoms with E-state index in [2.05, 4.69) is 20.8 Å². The Bertz CT molecular complexity index is 634. The van der Waals surface area contributed by atoms with Gasteiger partial charge < -0.3 is 4.52 Å². The van der Waals surface area contributed by atoms with Crippen molar-refractivity contribution < 1.29 is 12.9 Å². The molecule has 0 aromatic carbocycles. The molecule has 22 heavy (non-hydrogen) atoms. The zero-order valence-electron chi connectivity index (χ0n) is 12.7. The topological polar surface area (TPSA) is 75.4 Å². The summed E-state index contributed by atoms with van der Waals surface area (Å²) in [4.78, 5) is 2.28.